The van der Waals surface area contributed by atoms with Crippen LogP contribution in [-0.4, -0.2) is 42.1 Å². The van der Waals surface area contributed by atoms with Crippen LogP contribution in [0.15, 0.2) is 0 Å². The minimum atomic E-state index is -0.112. The maximum atomic E-state index is 11.5. The van der Waals surface area contributed by atoms with E-state index in [0.717, 1.165) is 13.1 Å². The molecule has 16 heavy (non-hydrogen) atoms. The summed E-state index contributed by atoms with van der Waals surface area (Å²) >= 11 is 0. The van der Waals surface area contributed by atoms with E-state index in [1.165, 1.54) is 0 Å². The van der Waals surface area contributed by atoms with Gasteiger partial charge in [0.05, 0.1) is 18.1 Å². The van der Waals surface area contributed by atoms with E-state index in [9.17, 15) is 4.79 Å². The molecular formula is C11H23N3O2. The molecule has 0 aliphatic carbocycles. The largest absolute Gasteiger partial charge is 0.373 e. The molecule has 0 spiro atoms. The van der Waals surface area contributed by atoms with Gasteiger partial charge in [-0.2, -0.15) is 0 Å². The Hall–Kier alpha value is -0.650. The molecule has 0 saturated carbocycles. The van der Waals surface area contributed by atoms with Crippen molar-refractivity contribution in [3.05, 3.63) is 0 Å². The van der Waals surface area contributed by atoms with Crippen LogP contribution < -0.4 is 11.3 Å². The standard InChI is InChI=1S/C11H23N3O2/c1-7-5-14(6-8(2)16-7)10(4)9(3)11(15)13-12/h7-10H,5-6,12H2,1-4H3,(H,13,15). The first-order chi connectivity index (χ1) is 7.45. The van der Waals surface area contributed by atoms with Crippen molar-refractivity contribution in [1.29, 1.82) is 0 Å². The van der Waals surface area contributed by atoms with Crippen molar-refractivity contribution in [3.63, 3.8) is 0 Å². The van der Waals surface area contributed by atoms with Crippen molar-refractivity contribution in [1.82, 2.24) is 10.3 Å². The Labute approximate surface area is 97.3 Å². The third-order valence-corrected chi connectivity index (χ3v) is 3.30. The number of morpholine rings is 1. The van der Waals surface area contributed by atoms with Gasteiger partial charge in [-0.15, -0.1) is 0 Å². The average molecular weight is 229 g/mol. The Kier molecular flexibility index (Phi) is 4.70. The zero-order valence-corrected chi connectivity index (χ0v) is 10.6. The minimum Gasteiger partial charge on any atom is -0.373 e. The molecule has 0 bridgehead atoms. The molecule has 1 saturated heterocycles. The lowest BCUT2D eigenvalue weighted by atomic mass is 10.00. The normalized spacial score (nSPS) is 30.8. The Bertz CT molecular complexity index is 237. The molecule has 0 aromatic rings. The van der Waals surface area contributed by atoms with Crippen LogP contribution in [0, 0.1) is 5.92 Å². The number of amides is 1. The fourth-order valence-corrected chi connectivity index (χ4v) is 2.22. The third-order valence-electron chi connectivity index (χ3n) is 3.30. The van der Waals surface area contributed by atoms with Crippen molar-refractivity contribution >= 4 is 5.91 Å². The summed E-state index contributed by atoms with van der Waals surface area (Å²) in [5.41, 5.74) is 2.21. The van der Waals surface area contributed by atoms with Crippen molar-refractivity contribution in [3.8, 4) is 0 Å². The topological polar surface area (TPSA) is 67.6 Å². The zero-order valence-electron chi connectivity index (χ0n) is 10.6. The van der Waals surface area contributed by atoms with Gasteiger partial charge in [0, 0.05) is 19.1 Å². The predicted molar refractivity (Wildman–Crippen MR) is 62.5 cm³/mol. The van der Waals surface area contributed by atoms with Gasteiger partial charge in [-0.1, -0.05) is 6.92 Å². The number of hydrogen-bond donors (Lipinski definition) is 2. The van der Waals surface area contributed by atoms with Crippen molar-refractivity contribution in [2.45, 2.75) is 45.9 Å². The maximum absolute atomic E-state index is 11.5. The van der Waals surface area contributed by atoms with Gasteiger partial charge in [0.1, 0.15) is 0 Å². The lowest BCUT2D eigenvalue weighted by molar-refractivity contribution is -0.129. The number of hydrogen-bond acceptors (Lipinski definition) is 4. The summed E-state index contributed by atoms with van der Waals surface area (Å²) in [5, 5.41) is 0. The lowest BCUT2D eigenvalue weighted by Gasteiger charge is -2.40. The average Bonchev–Trinajstić information content (AvgIpc) is 2.24. The van der Waals surface area contributed by atoms with E-state index >= 15 is 0 Å². The first-order valence-corrected chi connectivity index (χ1v) is 5.85. The highest BCUT2D eigenvalue weighted by molar-refractivity contribution is 5.78. The fourth-order valence-electron chi connectivity index (χ4n) is 2.22. The summed E-state index contributed by atoms with van der Waals surface area (Å²) < 4.78 is 5.67. The Morgan fingerprint density at radius 1 is 1.38 bits per heavy atom. The van der Waals surface area contributed by atoms with Crippen LogP contribution in [0.5, 0.6) is 0 Å². The van der Waals surface area contributed by atoms with Crippen LogP contribution in [0.4, 0.5) is 0 Å². The number of ether oxygens (including phenoxy) is 1. The molecule has 3 N–H and O–H groups in total. The van der Waals surface area contributed by atoms with E-state index in [1.54, 1.807) is 0 Å². The summed E-state index contributed by atoms with van der Waals surface area (Å²) in [6.07, 6.45) is 0.443. The van der Waals surface area contributed by atoms with E-state index in [0.29, 0.717) is 0 Å². The third kappa shape index (κ3) is 3.17. The van der Waals surface area contributed by atoms with Crippen molar-refractivity contribution in [2.24, 2.45) is 11.8 Å². The maximum Gasteiger partial charge on any atom is 0.238 e. The molecule has 5 heteroatoms. The van der Waals surface area contributed by atoms with Crippen molar-refractivity contribution < 1.29 is 9.53 Å². The highest BCUT2D eigenvalue weighted by atomic mass is 16.5. The first kappa shape index (κ1) is 13.4. The van der Waals surface area contributed by atoms with Crippen LogP contribution in [0.1, 0.15) is 27.7 Å². The second kappa shape index (κ2) is 5.61. The first-order valence-electron chi connectivity index (χ1n) is 5.85. The number of nitrogens with one attached hydrogen (secondary N) is 1. The van der Waals surface area contributed by atoms with Crippen LogP contribution in [0.25, 0.3) is 0 Å². The quantitative estimate of drug-likeness (QED) is 0.409. The fraction of sp³-hybridized carbons (Fsp3) is 0.909. The molecule has 0 aromatic carbocycles. The van der Waals surface area contributed by atoms with Crippen LogP contribution in [0.2, 0.25) is 0 Å². The molecule has 1 aliphatic rings. The summed E-state index contributed by atoms with van der Waals surface area (Å²) in [5.74, 6) is 4.93. The van der Waals surface area contributed by atoms with E-state index in [1.807, 2.05) is 6.92 Å². The number of rotatable bonds is 3. The summed E-state index contributed by atoms with van der Waals surface area (Å²) in [6.45, 7) is 9.82. The van der Waals surface area contributed by atoms with E-state index in [2.05, 4.69) is 31.1 Å². The molecule has 5 nitrogen and oxygen atoms in total. The molecule has 1 heterocycles. The molecule has 0 radical (unpaired) electrons. The number of nitrogens with zero attached hydrogens (tertiary/aromatic N) is 1. The second-order valence-corrected chi connectivity index (χ2v) is 4.75. The SMILES string of the molecule is CC1CN(C(C)C(C)C(=O)NN)CC(C)O1. The minimum absolute atomic E-state index is 0.109. The molecule has 0 aromatic heterocycles. The van der Waals surface area contributed by atoms with Crippen molar-refractivity contribution in [2.75, 3.05) is 13.1 Å². The molecule has 1 aliphatic heterocycles. The Balaban J connectivity index is 2.58. The molecule has 4 atom stereocenters. The van der Waals surface area contributed by atoms with Crippen LogP contribution >= 0.6 is 0 Å². The van der Waals surface area contributed by atoms with E-state index in [-0.39, 0.29) is 30.1 Å². The van der Waals surface area contributed by atoms with Crippen LogP contribution in [0.3, 0.4) is 0 Å². The molecule has 4 unspecified atom stereocenters. The highest BCUT2D eigenvalue weighted by Gasteiger charge is 2.30. The summed E-state index contributed by atoms with van der Waals surface area (Å²) in [4.78, 5) is 13.8. The summed E-state index contributed by atoms with van der Waals surface area (Å²) in [7, 11) is 0. The number of carbonyl (C=O) groups is 1. The van der Waals surface area contributed by atoms with Gasteiger partial charge in [0.15, 0.2) is 0 Å². The Morgan fingerprint density at radius 3 is 2.31 bits per heavy atom. The monoisotopic (exact) mass is 229 g/mol. The molecular weight excluding hydrogens is 206 g/mol. The molecule has 1 fully saturated rings. The van der Waals surface area contributed by atoms with Gasteiger partial charge in [0.2, 0.25) is 5.91 Å². The van der Waals surface area contributed by atoms with E-state index in [4.69, 9.17) is 10.6 Å². The number of nitrogens with two attached hydrogens (primary N) is 1. The van der Waals surface area contributed by atoms with Gasteiger partial charge in [0.25, 0.3) is 0 Å². The number of hydrazine groups is 1. The zero-order chi connectivity index (χ0) is 12.3. The van der Waals surface area contributed by atoms with Crippen LogP contribution in [-0.2, 0) is 9.53 Å². The predicted octanol–water partition coefficient (Wildman–Crippen LogP) is 0.110. The molecule has 94 valence electrons. The molecule has 1 amide bonds. The van der Waals surface area contributed by atoms with E-state index < -0.39 is 0 Å². The second-order valence-electron chi connectivity index (χ2n) is 4.75. The Morgan fingerprint density at radius 2 is 1.88 bits per heavy atom. The van der Waals surface area contributed by atoms with Gasteiger partial charge in [-0.3, -0.25) is 15.1 Å². The molecule has 1 rings (SSSR count). The van der Waals surface area contributed by atoms with Gasteiger partial charge in [-0.25, -0.2) is 5.84 Å². The number of carbonyl (C=O) groups excluding carboxylic acids is 1. The smallest absolute Gasteiger partial charge is 0.238 e. The summed E-state index contributed by atoms with van der Waals surface area (Å²) in [6, 6.07) is 0.178. The van der Waals surface area contributed by atoms with Gasteiger partial charge >= 0.3 is 0 Å². The van der Waals surface area contributed by atoms with Gasteiger partial charge in [-0.05, 0) is 20.8 Å². The highest BCUT2D eigenvalue weighted by Crippen LogP contribution is 2.18. The lowest BCUT2D eigenvalue weighted by Crippen LogP contribution is -2.53. The van der Waals surface area contributed by atoms with Gasteiger partial charge < -0.3 is 4.74 Å².